The maximum absolute atomic E-state index is 14.8. The van der Waals surface area contributed by atoms with Crippen LogP contribution in [0.15, 0.2) is 36.5 Å². The standard InChI is InChI=1S/C22H20FN/c23-20-11-19-17(18-2-1-5-24-22(18)20)4-3-16-14-7-12-6-13(8-14)10-15(9-12)21(16)19/h1-5,11-15H,6-10H2. The molecule has 24 heavy (non-hydrogen) atoms. The number of fused-ring (bicyclic) bond motifs is 3. The Hall–Kier alpha value is -1.96. The molecule has 0 radical (unpaired) electrons. The quantitative estimate of drug-likeness (QED) is 0.469. The summed E-state index contributed by atoms with van der Waals surface area (Å²) in [5.41, 5.74) is 3.51. The number of hydrogen-bond donors (Lipinski definition) is 0. The molecule has 0 saturated heterocycles. The van der Waals surface area contributed by atoms with E-state index in [0.717, 1.165) is 22.6 Å². The van der Waals surface area contributed by atoms with Crippen LogP contribution in [-0.4, -0.2) is 4.98 Å². The van der Waals surface area contributed by atoms with Crippen LogP contribution in [0.2, 0.25) is 0 Å². The van der Waals surface area contributed by atoms with Gasteiger partial charge in [-0.15, -0.1) is 0 Å². The van der Waals surface area contributed by atoms with Gasteiger partial charge in [0.05, 0.1) is 0 Å². The van der Waals surface area contributed by atoms with Crippen molar-refractivity contribution in [1.82, 2.24) is 4.98 Å². The van der Waals surface area contributed by atoms with Gasteiger partial charge in [-0.1, -0.05) is 18.2 Å². The summed E-state index contributed by atoms with van der Waals surface area (Å²) in [6, 6.07) is 10.3. The van der Waals surface area contributed by atoms with Crippen LogP contribution in [0.3, 0.4) is 0 Å². The van der Waals surface area contributed by atoms with Gasteiger partial charge in [0.25, 0.3) is 0 Å². The Morgan fingerprint density at radius 1 is 0.833 bits per heavy atom. The van der Waals surface area contributed by atoms with Crippen molar-refractivity contribution in [2.45, 2.75) is 43.9 Å². The second kappa shape index (κ2) is 4.56. The van der Waals surface area contributed by atoms with Crippen LogP contribution in [0.5, 0.6) is 0 Å². The minimum atomic E-state index is -0.171. The fourth-order valence-corrected chi connectivity index (χ4v) is 6.20. The molecule has 0 N–H and O–H groups in total. The van der Waals surface area contributed by atoms with Gasteiger partial charge in [-0.3, -0.25) is 4.98 Å². The average molecular weight is 317 g/mol. The Morgan fingerprint density at radius 2 is 1.62 bits per heavy atom. The van der Waals surface area contributed by atoms with Crippen molar-refractivity contribution in [2.75, 3.05) is 0 Å². The van der Waals surface area contributed by atoms with Gasteiger partial charge in [-0.05, 0) is 89.8 Å². The minimum Gasteiger partial charge on any atom is -0.253 e. The Bertz CT molecular complexity index is 978. The van der Waals surface area contributed by atoms with Crippen LogP contribution in [-0.2, 0) is 0 Å². The number of aromatic nitrogens is 1. The van der Waals surface area contributed by atoms with Crippen molar-refractivity contribution in [1.29, 1.82) is 0 Å². The monoisotopic (exact) mass is 317 g/mol. The van der Waals surface area contributed by atoms with E-state index in [1.807, 2.05) is 12.1 Å². The number of halogens is 1. The molecule has 2 atom stereocenters. The molecule has 1 aromatic heterocycles. The highest BCUT2D eigenvalue weighted by Gasteiger charge is 2.42. The number of nitrogens with zero attached hydrogens (tertiary/aromatic N) is 1. The van der Waals surface area contributed by atoms with Crippen molar-refractivity contribution in [3.63, 3.8) is 0 Å². The molecule has 4 bridgehead atoms. The van der Waals surface area contributed by atoms with E-state index in [9.17, 15) is 4.39 Å². The summed E-state index contributed by atoms with van der Waals surface area (Å²) >= 11 is 0. The highest BCUT2D eigenvalue weighted by atomic mass is 19.1. The van der Waals surface area contributed by atoms with Gasteiger partial charge in [0.1, 0.15) is 11.3 Å². The molecule has 2 saturated carbocycles. The molecular weight excluding hydrogens is 297 g/mol. The molecule has 120 valence electrons. The van der Waals surface area contributed by atoms with E-state index in [4.69, 9.17) is 0 Å². The van der Waals surface area contributed by atoms with Crippen LogP contribution >= 0.6 is 0 Å². The van der Waals surface area contributed by atoms with E-state index >= 15 is 0 Å². The predicted octanol–water partition coefficient (Wildman–Crippen LogP) is 5.92. The summed E-state index contributed by atoms with van der Waals surface area (Å²) in [5, 5.41) is 3.29. The molecule has 4 aliphatic rings. The van der Waals surface area contributed by atoms with Gasteiger partial charge < -0.3 is 0 Å². The van der Waals surface area contributed by atoms with Crippen LogP contribution in [0.4, 0.5) is 4.39 Å². The Labute approximate surface area is 140 Å². The first-order chi connectivity index (χ1) is 11.8. The number of pyridine rings is 1. The van der Waals surface area contributed by atoms with Gasteiger partial charge in [-0.2, -0.15) is 0 Å². The van der Waals surface area contributed by atoms with Gasteiger partial charge in [0.15, 0.2) is 0 Å². The van der Waals surface area contributed by atoms with Crippen LogP contribution in [0.25, 0.3) is 21.7 Å². The fraction of sp³-hybridized carbons (Fsp3) is 0.409. The minimum absolute atomic E-state index is 0.171. The Kier molecular flexibility index (Phi) is 2.54. The zero-order chi connectivity index (χ0) is 15.8. The molecule has 1 heterocycles. The lowest BCUT2D eigenvalue weighted by Gasteiger charge is -2.38. The van der Waals surface area contributed by atoms with Gasteiger partial charge in [-0.25, -0.2) is 4.39 Å². The summed E-state index contributed by atoms with van der Waals surface area (Å²) in [4.78, 5) is 4.27. The van der Waals surface area contributed by atoms with Crippen molar-refractivity contribution in [3.8, 4) is 0 Å². The van der Waals surface area contributed by atoms with Crippen molar-refractivity contribution >= 4 is 21.7 Å². The van der Waals surface area contributed by atoms with Crippen molar-refractivity contribution in [2.24, 2.45) is 11.8 Å². The maximum Gasteiger partial charge on any atom is 0.150 e. The van der Waals surface area contributed by atoms with Gasteiger partial charge in [0.2, 0.25) is 0 Å². The first-order valence-electron chi connectivity index (χ1n) is 9.27. The zero-order valence-corrected chi connectivity index (χ0v) is 13.6. The molecule has 1 nitrogen and oxygen atoms in total. The van der Waals surface area contributed by atoms with Gasteiger partial charge >= 0.3 is 0 Å². The lowest BCUT2D eigenvalue weighted by molar-refractivity contribution is 0.166. The SMILES string of the molecule is Fc1cc2c3c(ccc2c2cccnc12)C1CC2CC(C1)CC3C2. The highest BCUT2D eigenvalue weighted by molar-refractivity contribution is 6.08. The lowest BCUT2D eigenvalue weighted by atomic mass is 9.67. The second-order valence-corrected chi connectivity index (χ2v) is 8.23. The largest absolute Gasteiger partial charge is 0.253 e. The lowest BCUT2D eigenvalue weighted by Crippen LogP contribution is -2.25. The second-order valence-electron chi connectivity index (χ2n) is 8.23. The zero-order valence-electron chi connectivity index (χ0n) is 13.6. The number of rotatable bonds is 0. The van der Waals surface area contributed by atoms with E-state index in [1.54, 1.807) is 12.3 Å². The highest BCUT2D eigenvalue weighted by Crippen LogP contribution is 2.57. The molecule has 0 spiro atoms. The Balaban J connectivity index is 1.73. The van der Waals surface area contributed by atoms with Gasteiger partial charge in [0, 0.05) is 11.6 Å². The third-order valence-electron chi connectivity index (χ3n) is 6.90. The van der Waals surface area contributed by atoms with Crippen LogP contribution in [0.1, 0.15) is 55.1 Å². The molecule has 3 aromatic rings. The van der Waals surface area contributed by atoms with E-state index in [2.05, 4.69) is 17.1 Å². The Morgan fingerprint density at radius 3 is 2.46 bits per heavy atom. The predicted molar refractivity (Wildman–Crippen MR) is 94.8 cm³/mol. The third kappa shape index (κ3) is 1.67. The van der Waals surface area contributed by atoms with E-state index < -0.39 is 0 Å². The van der Waals surface area contributed by atoms with Crippen molar-refractivity contribution < 1.29 is 4.39 Å². The summed E-state index contributed by atoms with van der Waals surface area (Å²) in [7, 11) is 0. The molecular formula is C22H20FN. The molecule has 7 rings (SSSR count). The average Bonchev–Trinajstić information content (AvgIpc) is 2.76. The number of hydrogen-bond acceptors (Lipinski definition) is 1. The molecule has 2 fully saturated rings. The fourth-order valence-electron chi connectivity index (χ4n) is 6.20. The maximum atomic E-state index is 14.8. The normalized spacial score (nSPS) is 30.7. The summed E-state index contributed by atoms with van der Waals surface area (Å²) < 4.78 is 14.8. The van der Waals surface area contributed by atoms with E-state index in [1.165, 1.54) is 48.6 Å². The van der Waals surface area contributed by atoms with Crippen LogP contribution in [0, 0.1) is 17.7 Å². The smallest absolute Gasteiger partial charge is 0.150 e. The van der Waals surface area contributed by atoms with E-state index in [-0.39, 0.29) is 5.82 Å². The first-order valence-corrected chi connectivity index (χ1v) is 9.27. The summed E-state index contributed by atoms with van der Waals surface area (Å²) in [6.07, 6.45) is 8.44. The first kappa shape index (κ1) is 13.3. The topological polar surface area (TPSA) is 12.9 Å². The summed E-state index contributed by atoms with van der Waals surface area (Å²) in [6.45, 7) is 0. The molecule has 0 aliphatic heterocycles. The van der Waals surface area contributed by atoms with E-state index in [0.29, 0.717) is 17.4 Å². The molecule has 0 amide bonds. The summed E-state index contributed by atoms with van der Waals surface area (Å²) in [5.74, 6) is 2.95. The van der Waals surface area contributed by atoms with Crippen molar-refractivity contribution in [3.05, 3.63) is 53.5 Å². The number of benzene rings is 2. The molecule has 4 aliphatic carbocycles. The van der Waals surface area contributed by atoms with Crippen LogP contribution < -0.4 is 0 Å². The molecule has 2 aromatic carbocycles. The third-order valence-corrected chi connectivity index (χ3v) is 6.90. The molecule has 2 heteroatoms. The molecule has 2 unspecified atom stereocenters.